The van der Waals surface area contributed by atoms with E-state index in [0.29, 0.717) is 6.54 Å². The molecule has 1 aliphatic rings. The van der Waals surface area contributed by atoms with Gasteiger partial charge < -0.3 is 10.2 Å². The molecule has 15 heavy (non-hydrogen) atoms. The summed E-state index contributed by atoms with van der Waals surface area (Å²) in [5.41, 5.74) is 0. The van der Waals surface area contributed by atoms with E-state index in [2.05, 4.69) is 5.32 Å². The summed E-state index contributed by atoms with van der Waals surface area (Å²) >= 11 is 0. The average molecular weight is 212 g/mol. The Balaban J connectivity index is 2.71. The third kappa shape index (κ3) is 2.70. The fourth-order valence-electron chi connectivity index (χ4n) is 1.81. The van der Waals surface area contributed by atoms with Crippen LogP contribution >= 0.6 is 0 Å². The van der Waals surface area contributed by atoms with Crippen LogP contribution in [0.1, 0.15) is 33.6 Å². The smallest absolute Gasteiger partial charge is 0.245 e. The minimum atomic E-state index is -0.317. The number of piperazine rings is 1. The van der Waals surface area contributed by atoms with E-state index in [-0.39, 0.29) is 30.3 Å². The fraction of sp³-hybridized carbons (Fsp3) is 0.818. The fourth-order valence-corrected chi connectivity index (χ4v) is 1.81. The molecule has 1 aliphatic heterocycles. The first-order valence-electron chi connectivity index (χ1n) is 5.68. The molecule has 0 spiro atoms. The van der Waals surface area contributed by atoms with Crippen LogP contribution in [0.25, 0.3) is 0 Å². The summed E-state index contributed by atoms with van der Waals surface area (Å²) in [6.07, 6.45) is 1.79. The molecule has 0 aromatic carbocycles. The van der Waals surface area contributed by atoms with Gasteiger partial charge in [0.05, 0.1) is 6.54 Å². The molecular weight excluding hydrogens is 192 g/mol. The van der Waals surface area contributed by atoms with Gasteiger partial charge in [-0.3, -0.25) is 9.59 Å². The van der Waals surface area contributed by atoms with Gasteiger partial charge in [0.15, 0.2) is 0 Å². The van der Waals surface area contributed by atoms with Crippen molar-refractivity contribution in [2.24, 2.45) is 5.92 Å². The number of hydrogen-bond acceptors (Lipinski definition) is 2. The van der Waals surface area contributed by atoms with Crippen molar-refractivity contribution in [1.82, 2.24) is 10.2 Å². The highest BCUT2D eigenvalue weighted by Crippen LogP contribution is 2.14. The highest BCUT2D eigenvalue weighted by Gasteiger charge is 2.34. The second kappa shape index (κ2) is 5.14. The van der Waals surface area contributed by atoms with Crippen LogP contribution in [0.15, 0.2) is 0 Å². The molecule has 0 aromatic rings. The van der Waals surface area contributed by atoms with Crippen LogP contribution in [0, 0.1) is 5.92 Å². The van der Waals surface area contributed by atoms with Crippen molar-refractivity contribution in [3.63, 3.8) is 0 Å². The molecule has 1 fully saturated rings. The molecule has 0 aromatic heterocycles. The lowest BCUT2D eigenvalue weighted by Gasteiger charge is -2.34. The number of hydrogen-bond donors (Lipinski definition) is 1. The molecule has 1 heterocycles. The topological polar surface area (TPSA) is 49.4 Å². The first-order chi connectivity index (χ1) is 7.10. The SMILES string of the molecule is CCCN1CC(=O)N[C@@H](C(C)CC)C1=O. The molecule has 1 unspecified atom stereocenters. The van der Waals surface area contributed by atoms with Gasteiger partial charge in [-0.1, -0.05) is 27.2 Å². The molecule has 2 atom stereocenters. The van der Waals surface area contributed by atoms with Crippen LogP contribution in [-0.4, -0.2) is 35.8 Å². The molecule has 4 heteroatoms. The van der Waals surface area contributed by atoms with Gasteiger partial charge in [0.2, 0.25) is 11.8 Å². The Morgan fingerprint density at radius 1 is 1.47 bits per heavy atom. The van der Waals surface area contributed by atoms with Gasteiger partial charge in [-0.15, -0.1) is 0 Å². The van der Waals surface area contributed by atoms with E-state index in [1.807, 2.05) is 20.8 Å². The predicted octanol–water partition coefficient (Wildman–Crippen LogP) is 0.769. The van der Waals surface area contributed by atoms with E-state index >= 15 is 0 Å². The molecule has 1 N–H and O–H groups in total. The summed E-state index contributed by atoms with van der Waals surface area (Å²) in [5.74, 6) is 0.250. The van der Waals surface area contributed by atoms with Crippen molar-refractivity contribution < 1.29 is 9.59 Å². The van der Waals surface area contributed by atoms with E-state index in [0.717, 1.165) is 12.8 Å². The third-order valence-corrected chi connectivity index (χ3v) is 2.94. The number of amides is 2. The monoisotopic (exact) mass is 212 g/mol. The van der Waals surface area contributed by atoms with Crippen LogP contribution < -0.4 is 5.32 Å². The first kappa shape index (κ1) is 12.0. The molecule has 0 saturated carbocycles. The van der Waals surface area contributed by atoms with Crippen molar-refractivity contribution in [3.8, 4) is 0 Å². The maximum absolute atomic E-state index is 12.0. The van der Waals surface area contributed by atoms with E-state index in [1.165, 1.54) is 0 Å². The van der Waals surface area contributed by atoms with Gasteiger partial charge in [-0.05, 0) is 12.3 Å². The number of carbonyl (C=O) groups excluding carboxylic acids is 2. The molecule has 86 valence electrons. The Labute approximate surface area is 91.0 Å². The van der Waals surface area contributed by atoms with Crippen LogP contribution in [0.5, 0.6) is 0 Å². The Hall–Kier alpha value is -1.06. The number of carbonyl (C=O) groups is 2. The lowest BCUT2D eigenvalue weighted by molar-refractivity contribution is -0.145. The number of nitrogens with zero attached hydrogens (tertiary/aromatic N) is 1. The molecule has 2 amide bonds. The van der Waals surface area contributed by atoms with Gasteiger partial charge in [0.25, 0.3) is 0 Å². The summed E-state index contributed by atoms with van der Waals surface area (Å²) in [6, 6.07) is -0.317. The molecule has 4 nitrogen and oxygen atoms in total. The average Bonchev–Trinajstić information content (AvgIpc) is 2.22. The highest BCUT2D eigenvalue weighted by molar-refractivity contribution is 5.94. The van der Waals surface area contributed by atoms with Crippen LogP contribution in [-0.2, 0) is 9.59 Å². The highest BCUT2D eigenvalue weighted by atomic mass is 16.2. The Morgan fingerprint density at radius 3 is 2.67 bits per heavy atom. The summed E-state index contributed by atoms with van der Waals surface area (Å²) < 4.78 is 0. The van der Waals surface area contributed by atoms with Crippen LogP contribution in [0.4, 0.5) is 0 Å². The van der Waals surface area contributed by atoms with E-state index < -0.39 is 0 Å². The van der Waals surface area contributed by atoms with Gasteiger partial charge in [-0.25, -0.2) is 0 Å². The largest absolute Gasteiger partial charge is 0.342 e. The Bertz CT molecular complexity index is 253. The van der Waals surface area contributed by atoms with E-state index in [4.69, 9.17) is 0 Å². The molecule has 0 bridgehead atoms. The summed E-state index contributed by atoms with van der Waals surface area (Å²) in [5, 5.41) is 2.78. The van der Waals surface area contributed by atoms with Crippen molar-refractivity contribution >= 4 is 11.8 Å². The van der Waals surface area contributed by atoms with E-state index in [1.54, 1.807) is 4.90 Å². The predicted molar refractivity (Wildman–Crippen MR) is 58.3 cm³/mol. The van der Waals surface area contributed by atoms with Gasteiger partial charge in [0.1, 0.15) is 6.04 Å². The second-order valence-corrected chi connectivity index (χ2v) is 4.19. The van der Waals surface area contributed by atoms with Crippen LogP contribution in [0.2, 0.25) is 0 Å². The maximum atomic E-state index is 12.0. The molecular formula is C11H20N2O2. The quantitative estimate of drug-likeness (QED) is 0.748. The first-order valence-corrected chi connectivity index (χ1v) is 5.68. The minimum Gasteiger partial charge on any atom is -0.342 e. The number of rotatable bonds is 4. The summed E-state index contributed by atoms with van der Waals surface area (Å²) in [4.78, 5) is 25.1. The van der Waals surface area contributed by atoms with E-state index in [9.17, 15) is 9.59 Å². The van der Waals surface area contributed by atoms with Crippen molar-refractivity contribution in [1.29, 1.82) is 0 Å². The lowest BCUT2D eigenvalue weighted by atomic mass is 9.96. The van der Waals surface area contributed by atoms with Gasteiger partial charge in [0, 0.05) is 6.54 Å². The van der Waals surface area contributed by atoms with Gasteiger partial charge in [-0.2, -0.15) is 0 Å². The van der Waals surface area contributed by atoms with Crippen molar-refractivity contribution in [2.75, 3.05) is 13.1 Å². The Kier molecular flexibility index (Phi) is 4.12. The lowest BCUT2D eigenvalue weighted by Crippen LogP contribution is -2.60. The molecule has 1 saturated heterocycles. The molecule has 0 aliphatic carbocycles. The third-order valence-electron chi connectivity index (χ3n) is 2.94. The van der Waals surface area contributed by atoms with Crippen LogP contribution in [0.3, 0.4) is 0 Å². The summed E-state index contributed by atoms with van der Waals surface area (Å²) in [7, 11) is 0. The zero-order valence-corrected chi connectivity index (χ0v) is 9.75. The molecule has 0 radical (unpaired) electrons. The standard InChI is InChI=1S/C11H20N2O2/c1-4-6-13-7-9(14)12-10(11(13)15)8(3)5-2/h8,10H,4-7H2,1-3H3,(H,12,14)/t8?,10-/m0/s1. The number of nitrogens with one attached hydrogen (secondary N) is 1. The zero-order chi connectivity index (χ0) is 11.4. The van der Waals surface area contributed by atoms with Crippen molar-refractivity contribution in [2.45, 2.75) is 39.7 Å². The van der Waals surface area contributed by atoms with Gasteiger partial charge >= 0.3 is 0 Å². The molecule has 1 rings (SSSR count). The minimum absolute atomic E-state index is 0.0339. The Morgan fingerprint density at radius 2 is 2.13 bits per heavy atom. The zero-order valence-electron chi connectivity index (χ0n) is 9.75. The summed E-state index contributed by atoms with van der Waals surface area (Å²) in [6.45, 7) is 6.94. The maximum Gasteiger partial charge on any atom is 0.245 e. The normalized spacial score (nSPS) is 23.9. The second-order valence-electron chi connectivity index (χ2n) is 4.19. The van der Waals surface area contributed by atoms with Crippen molar-refractivity contribution in [3.05, 3.63) is 0 Å².